The number of anilines is 2. The average Bonchev–Trinajstić information content (AvgIpc) is 2.39. The molecule has 6 heteroatoms. The number of hydrogen-bond acceptors (Lipinski definition) is 3. The van der Waals surface area contributed by atoms with Gasteiger partial charge in [-0.1, -0.05) is 0 Å². The van der Waals surface area contributed by atoms with Crippen molar-refractivity contribution in [1.29, 1.82) is 0 Å². The van der Waals surface area contributed by atoms with Gasteiger partial charge in [-0.25, -0.2) is 8.78 Å². The Labute approximate surface area is 116 Å². The zero-order valence-electron chi connectivity index (χ0n) is 11.4. The van der Waals surface area contributed by atoms with E-state index in [1.165, 1.54) is 13.0 Å². The fourth-order valence-corrected chi connectivity index (χ4v) is 2.59. The summed E-state index contributed by atoms with van der Waals surface area (Å²) >= 11 is 0. The molecule has 0 unspecified atom stereocenters. The summed E-state index contributed by atoms with van der Waals surface area (Å²) in [6, 6.07) is 4.75. The molecule has 1 fully saturated rings. The number of amides is 1. The lowest BCUT2D eigenvalue weighted by Gasteiger charge is -2.35. The SMILES string of the molecule is CC(=O)NC1CCN(c2ccc(N)cc2C(F)F)CC1. The molecule has 0 aromatic heterocycles. The zero-order valence-corrected chi connectivity index (χ0v) is 11.4. The number of carbonyl (C=O) groups is 1. The van der Waals surface area contributed by atoms with Crippen LogP contribution in [0, 0.1) is 0 Å². The maximum absolute atomic E-state index is 13.1. The molecule has 1 aromatic rings. The predicted molar refractivity (Wildman–Crippen MR) is 74.9 cm³/mol. The monoisotopic (exact) mass is 283 g/mol. The lowest BCUT2D eigenvalue weighted by Crippen LogP contribution is -2.44. The van der Waals surface area contributed by atoms with Crippen LogP contribution >= 0.6 is 0 Å². The maximum Gasteiger partial charge on any atom is 0.265 e. The Balaban J connectivity index is 2.09. The van der Waals surface area contributed by atoms with Crippen molar-refractivity contribution < 1.29 is 13.6 Å². The first-order valence-corrected chi connectivity index (χ1v) is 6.67. The van der Waals surface area contributed by atoms with Gasteiger partial charge in [0.25, 0.3) is 6.43 Å². The Bertz CT molecular complexity index is 485. The summed E-state index contributed by atoms with van der Waals surface area (Å²) in [5.74, 6) is -0.0517. The minimum atomic E-state index is -2.54. The molecule has 0 spiro atoms. The molecular weight excluding hydrogens is 264 g/mol. The van der Waals surface area contributed by atoms with Crippen LogP contribution in [0.2, 0.25) is 0 Å². The van der Waals surface area contributed by atoms with E-state index < -0.39 is 6.43 Å². The average molecular weight is 283 g/mol. The Kier molecular flexibility index (Phi) is 4.42. The summed E-state index contributed by atoms with van der Waals surface area (Å²) in [7, 11) is 0. The molecule has 0 atom stereocenters. The van der Waals surface area contributed by atoms with Crippen molar-refractivity contribution in [2.24, 2.45) is 0 Å². The van der Waals surface area contributed by atoms with Gasteiger partial charge in [0, 0.05) is 43.0 Å². The second-order valence-corrected chi connectivity index (χ2v) is 5.08. The first-order valence-electron chi connectivity index (χ1n) is 6.67. The first kappa shape index (κ1) is 14.6. The van der Waals surface area contributed by atoms with Gasteiger partial charge in [-0.15, -0.1) is 0 Å². The van der Waals surface area contributed by atoms with Crippen molar-refractivity contribution in [2.75, 3.05) is 23.7 Å². The van der Waals surface area contributed by atoms with Gasteiger partial charge in [0.2, 0.25) is 5.91 Å². The van der Waals surface area contributed by atoms with Gasteiger partial charge in [-0.2, -0.15) is 0 Å². The second-order valence-electron chi connectivity index (χ2n) is 5.08. The van der Waals surface area contributed by atoms with E-state index in [9.17, 15) is 13.6 Å². The largest absolute Gasteiger partial charge is 0.399 e. The lowest BCUT2D eigenvalue weighted by atomic mass is 10.0. The highest BCUT2D eigenvalue weighted by Gasteiger charge is 2.23. The number of rotatable bonds is 3. The van der Waals surface area contributed by atoms with Crippen molar-refractivity contribution in [3.05, 3.63) is 23.8 Å². The quantitative estimate of drug-likeness (QED) is 0.837. The molecule has 1 saturated heterocycles. The lowest BCUT2D eigenvalue weighted by molar-refractivity contribution is -0.119. The molecule has 0 radical (unpaired) electrons. The molecule has 1 aromatic carbocycles. The van der Waals surface area contributed by atoms with Crippen molar-refractivity contribution >= 4 is 17.3 Å². The highest BCUT2D eigenvalue weighted by Crippen LogP contribution is 2.33. The Morgan fingerprint density at radius 2 is 2.05 bits per heavy atom. The molecule has 1 aliphatic heterocycles. The summed E-state index contributed by atoms with van der Waals surface area (Å²) < 4.78 is 26.1. The number of nitrogens with two attached hydrogens (primary N) is 1. The fraction of sp³-hybridized carbons (Fsp3) is 0.500. The second kappa shape index (κ2) is 6.07. The normalized spacial score (nSPS) is 16.5. The molecule has 1 aliphatic rings. The molecule has 2 rings (SSSR count). The van der Waals surface area contributed by atoms with Crippen LogP contribution in [-0.2, 0) is 4.79 Å². The summed E-state index contributed by atoms with van der Waals surface area (Å²) in [5, 5.41) is 2.87. The molecule has 4 nitrogen and oxygen atoms in total. The van der Waals surface area contributed by atoms with Crippen LogP contribution in [0.4, 0.5) is 20.2 Å². The number of halogens is 2. The van der Waals surface area contributed by atoms with Gasteiger partial charge < -0.3 is 16.0 Å². The molecule has 1 amide bonds. The van der Waals surface area contributed by atoms with Gasteiger partial charge in [0.15, 0.2) is 0 Å². The smallest absolute Gasteiger partial charge is 0.265 e. The topological polar surface area (TPSA) is 58.4 Å². The van der Waals surface area contributed by atoms with Crippen LogP contribution in [0.3, 0.4) is 0 Å². The highest BCUT2D eigenvalue weighted by atomic mass is 19.3. The number of nitrogens with one attached hydrogen (secondary N) is 1. The molecular formula is C14H19F2N3O. The molecule has 20 heavy (non-hydrogen) atoms. The number of benzene rings is 1. The minimum absolute atomic E-state index is 0.0250. The minimum Gasteiger partial charge on any atom is -0.399 e. The van der Waals surface area contributed by atoms with Gasteiger partial charge >= 0.3 is 0 Å². The Hall–Kier alpha value is -1.85. The zero-order chi connectivity index (χ0) is 14.7. The molecule has 3 N–H and O–H groups in total. The van der Waals surface area contributed by atoms with E-state index in [1.807, 2.05) is 4.90 Å². The molecule has 1 heterocycles. The number of alkyl halides is 2. The number of nitrogen functional groups attached to an aromatic ring is 1. The van der Waals surface area contributed by atoms with Crippen LogP contribution in [0.25, 0.3) is 0 Å². The number of piperidine rings is 1. The standard InChI is InChI=1S/C14H19F2N3O/c1-9(20)18-11-4-6-19(7-5-11)13-3-2-10(17)8-12(13)14(15)16/h2-3,8,11,14H,4-7,17H2,1H3,(H,18,20). The van der Waals surface area contributed by atoms with E-state index in [4.69, 9.17) is 5.73 Å². The summed E-state index contributed by atoms with van der Waals surface area (Å²) in [6.45, 7) is 2.78. The summed E-state index contributed by atoms with van der Waals surface area (Å²) in [6.07, 6.45) is -1.03. The summed E-state index contributed by atoms with van der Waals surface area (Å²) in [5.41, 5.74) is 6.43. The van der Waals surface area contributed by atoms with Crippen LogP contribution < -0.4 is 16.0 Å². The van der Waals surface area contributed by atoms with Crippen LogP contribution in [-0.4, -0.2) is 25.0 Å². The van der Waals surface area contributed by atoms with E-state index in [0.29, 0.717) is 24.5 Å². The van der Waals surface area contributed by atoms with Gasteiger partial charge in [-0.05, 0) is 31.0 Å². The number of hydrogen-bond donors (Lipinski definition) is 2. The maximum atomic E-state index is 13.1. The van der Waals surface area contributed by atoms with E-state index in [2.05, 4.69) is 5.32 Å². The van der Waals surface area contributed by atoms with Gasteiger partial charge in [0.1, 0.15) is 0 Å². The van der Waals surface area contributed by atoms with Gasteiger partial charge in [0.05, 0.1) is 0 Å². The van der Waals surface area contributed by atoms with Crippen LogP contribution in [0.5, 0.6) is 0 Å². The van der Waals surface area contributed by atoms with E-state index >= 15 is 0 Å². The fourth-order valence-electron chi connectivity index (χ4n) is 2.59. The molecule has 0 aliphatic carbocycles. The third-order valence-electron chi connectivity index (χ3n) is 3.53. The number of nitrogens with zero attached hydrogens (tertiary/aromatic N) is 1. The van der Waals surface area contributed by atoms with Crippen LogP contribution in [0.1, 0.15) is 31.8 Å². The van der Waals surface area contributed by atoms with Gasteiger partial charge in [-0.3, -0.25) is 4.79 Å². The molecule has 110 valence electrons. The third kappa shape index (κ3) is 3.37. The number of carbonyl (C=O) groups excluding carboxylic acids is 1. The highest BCUT2D eigenvalue weighted by molar-refractivity contribution is 5.73. The first-order chi connectivity index (χ1) is 9.47. The van der Waals surface area contributed by atoms with Crippen molar-refractivity contribution in [1.82, 2.24) is 5.32 Å². The Morgan fingerprint density at radius 1 is 1.40 bits per heavy atom. The van der Waals surface area contributed by atoms with Crippen molar-refractivity contribution in [2.45, 2.75) is 32.2 Å². The summed E-state index contributed by atoms with van der Waals surface area (Å²) in [4.78, 5) is 12.9. The van der Waals surface area contributed by atoms with Crippen LogP contribution in [0.15, 0.2) is 18.2 Å². The Morgan fingerprint density at radius 3 is 2.60 bits per heavy atom. The van der Waals surface area contributed by atoms with Crippen molar-refractivity contribution in [3.63, 3.8) is 0 Å². The molecule has 0 bridgehead atoms. The van der Waals surface area contributed by atoms with Crippen molar-refractivity contribution in [3.8, 4) is 0 Å². The van der Waals surface area contributed by atoms with E-state index in [1.54, 1.807) is 12.1 Å². The van der Waals surface area contributed by atoms with E-state index in [0.717, 1.165) is 12.8 Å². The van der Waals surface area contributed by atoms with E-state index in [-0.39, 0.29) is 17.5 Å². The third-order valence-corrected chi connectivity index (χ3v) is 3.53. The predicted octanol–water partition coefficient (Wildman–Crippen LogP) is 2.31. The molecule has 0 saturated carbocycles.